The first-order valence-corrected chi connectivity index (χ1v) is 7.10. The third-order valence-corrected chi connectivity index (χ3v) is 4.32. The molecule has 1 aromatic heterocycles. The number of methoxy groups -OCH3 is 1. The predicted molar refractivity (Wildman–Crippen MR) is 78.7 cm³/mol. The van der Waals surface area contributed by atoms with Crippen molar-refractivity contribution in [1.29, 1.82) is 0 Å². The van der Waals surface area contributed by atoms with E-state index in [-0.39, 0.29) is 0 Å². The van der Waals surface area contributed by atoms with Crippen LogP contribution in [-0.2, 0) is 0 Å². The van der Waals surface area contributed by atoms with Crippen molar-refractivity contribution >= 4 is 5.82 Å². The van der Waals surface area contributed by atoms with E-state index in [2.05, 4.69) is 12.1 Å². The molecule has 20 heavy (non-hydrogen) atoms. The first kappa shape index (κ1) is 13.0. The van der Waals surface area contributed by atoms with Crippen LogP contribution in [0, 0.1) is 5.92 Å². The Bertz CT molecular complexity index is 606. The molecule has 2 N–H and O–H groups in total. The molecule has 3 rings (SSSR count). The Morgan fingerprint density at radius 3 is 2.80 bits per heavy atom. The molecule has 1 aromatic carbocycles. The number of hydrogen-bond acceptors (Lipinski definition) is 4. The van der Waals surface area contributed by atoms with Gasteiger partial charge in [0.1, 0.15) is 11.5 Å². The number of nitrogens with two attached hydrogens (primary N) is 1. The minimum atomic E-state index is 0.403. The molecule has 0 bridgehead atoms. The number of ether oxygens (including phenoxy) is 1. The number of para-hydroxylation sites is 1. The highest BCUT2D eigenvalue weighted by Gasteiger charge is 2.32. The Hall–Kier alpha value is -1.97. The number of anilines is 1. The van der Waals surface area contributed by atoms with E-state index in [0.717, 1.165) is 29.1 Å². The summed E-state index contributed by atoms with van der Waals surface area (Å²) in [4.78, 5) is 0. The van der Waals surface area contributed by atoms with E-state index >= 15 is 0 Å². The molecule has 1 heterocycles. The van der Waals surface area contributed by atoms with Gasteiger partial charge in [-0.1, -0.05) is 36.7 Å². The van der Waals surface area contributed by atoms with E-state index in [1.54, 1.807) is 7.11 Å². The first-order valence-electron chi connectivity index (χ1n) is 7.10. The number of benzene rings is 1. The van der Waals surface area contributed by atoms with Gasteiger partial charge in [0.05, 0.1) is 12.7 Å². The van der Waals surface area contributed by atoms with Crippen LogP contribution in [0.2, 0.25) is 0 Å². The predicted octanol–water partition coefficient (Wildman–Crippen LogP) is 3.84. The van der Waals surface area contributed by atoms with Crippen molar-refractivity contribution in [3.8, 4) is 16.9 Å². The highest BCUT2D eigenvalue weighted by Crippen LogP contribution is 2.46. The van der Waals surface area contributed by atoms with Gasteiger partial charge >= 0.3 is 0 Å². The molecule has 4 heteroatoms. The normalized spacial score (nSPS) is 22.1. The third-order valence-electron chi connectivity index (χ3n) is 4.32. The van der Waals surface area contributed by atoms with Gasteiger partial charge in [0.25, 0.3) is 0 Å². The molecule has 4 nitrogen and oxygen atoms in total. The Morgan fingerprint density at radius 2 is 2.10 bits per heavy atom. The van der Waals surface area contributed by atoms with Crippen LogP contribution in [0.15, 0.2) is 28.8 Å². The summed E-state index contributed by atoms with van der Waals surface area (Å²) in [5.74, 6) is 3.17. The van der Waals surface area contributed by atoms with Crippen molar-refractivity contribution in [3.05, 3.63) is 30.0 Å². The molecule has 1 aliphatic carbocycles. The summed E-state index contributed by atoms with van der Waals surface area (Å²) < 4.78 is 11.0. The fraction of sp³-hybridized carbons (Fsp3) is 0.438. The molecule has 1 aliphatic rings. The summed E-state index contributed by atoms with van der Waals surface area (Å²) in [7, 11) is 1.67. The smallest absolute Gasteiger partial charge is 0.175 e. The maximum absolute atomic E-state index is 6.05. The molecular weight excluding hydrogens is 252 g/mol. The number of nitrogens with zero attached hydrogens (tertiary/aromatic N) is 1. The van der Waals surface area contributed by atoms with Crippen molar-refractivity contribution in [2.75, 3.05) is 12.8 Å². The van der Waals surface area contributed by atoms with Crippen LogP contribution in [0.25, 0.3) is 11.1 Å². The Balaban J connectivity index is 2.11. The third kappa shape index (κ3) is 2.05. The second-order valence-electron chi connectivity index (χ2n) is 5.52. The molecule has 1 saturated carbocycles. The number of nitrogen functional groups attached to an aromatic ring is 1. The SMILES string of the molecule is COc1ccccc1-c1c(N)noc1C1CCCC1C. The van der Waals surface area contributed by atoms with Gasteiger partial charge in [0.2, 0.25) is 0 Å². The van der Waals surface area contributed by atoms with Gasteiger partial charge in [-0.2, -0.15) is 0 Å². The number of aromatic nitrogens is 1. The molecule has 0 radical (unpaired) electrons. The van der Waals surface area contributed by atoms with E-state index in [1.807, 2.05) is 24.3 Å². The van der Waals surface area contributed by atoms with Crippen molar-refractivity contribution in [1.82, 2.24) is 5.16 Å². The van der Waals surface area contributed by atoms with Gasteiger partial charge in [0, 0.05) is 11.5 Å². The molecule has 106 valence electrons. The lowest BCUT2D eigenvalue weighted by Crippen LogP contribution is -2.03. The zero-order chi connectivity index (χ0) is 14.1. The lowest BCUT2D eigenvalue weighted by atomic mass is 9.90. The minimum absolute atomic E-state index is 0.403. The second kappa shape index (κ2) is 5.19. The minimum Gasteiger partial charge on any atom is -0.496 e. The summed E-state index contributed by atoms with van der Waals surface area (Å²) in [6.45, 7) is 2.27. The Morgan fingerprint density at radius 1 is 1.30 bits per heavy atom. The topological polar surface area (TPSA) is 61.3 Å². The van der Waals surface area contributed by atoms with Crippen LogP contribution in [-0.4, -0.2) is 12.3 Å². The average molecular weight is 272 g/mol. The summed E-state index contributed by atoms with van der Waals surface area (Å²) in [6.07, 6.45) is 3.60. The number of rotatable bonds is 3. The van der Waals surface area contributed by atoms with Crippen molar-refractivity contribution < 1.29 is 9.26 Å². The standard InChI is InChI=1S/C16H20N2O2/c1-10-6-5-8-11(10)15-14(16(17)18-20-15)12-7-3-4-9-13(12)19-2/h3-4,7,9-11H,5-6,8H2,1-2H3,(H2,17,18). The quantitative estimate of drug-likeness (QED) is 0.922. The summed E-state index contributed by atoms with van der Waals surface area (Å²) in [5, 5.41) is 3.99. The largest absolute Gasteiger partial charge is 0.496 e. The first-order chi connectivity index (χ1) is 9.72. The van der Waals surface area contributed by atoms with Gasteiger partial charge in [-0.25, -0.2) is 0 Å². The molecule has 0 saturated heterocycles. The van der Waals surface area contributed by atoms with Gasteiger partial charge in [-0.15, -0.1) is 0 Å². The van der Waals surface area contributed by atoms with E-state index in [4.69, 9.17) is 15.0 Å². The van der Waals surface area contributed by atoms with Crippen LogP contribution in [0.1, 0.15) is 37.9 Å². The molecular formula is C16H20N2O2. The fourth-order valence-electron chi connectivity index (χ4n) is 3.23. The van der Waals surface area contributed by atoms with Crippen molar-refractivity contribution in [2.24, 2.45) is 5.92 Å². The molecule has 2 aromatic rings. The van der Waals surface area contributed by atoms with Crippen LogP contribution >= 0.6 is 0 Å². The van der Waals surface area contributed by atoms with Gasteiger partial charge in [-0.3, -0.25) is 0 Å². The molecule has 0 amide bonds. The van der Waals surface area contributed by atoms with E-state index < -0.39 is 0 Å². The van der Waals surface area contributed by atoms with E-state index in [1.165, 1.54) is 12.8 Å². The fourth-order valence-corrected chi connectivity index (χ4v) is 3.23. The zero-order valence-electron chi connectivity index (χ0n) is 11.9. The van der Waals surface area contributed by atoms with Crippen LogP contribution in [0.5, 0.6) is 5.75 Å². The van der Waals surface area contributed by atoms with E-state index in [9.17, 15) is 0 Å². The molecule has 1 fully saturated rings. The lowest BCUT2D eigenvalue weighted by molar-refractivity contribution is 0.341. The Kier molecular flexibility index (Phi) is 3.38. The van der Waals surface area contributed by atoms with Crippen LogP contribution in [0.4, 0.5) is 5.82 Å². The second-order valence-corrected chi connectivity index (χ2v) is 5.52. The zero-order valence-corrected chi connectivity index (χ0v) is 11.9. The Labute approximate surface area is 118 Å². The van der Waals surface area contributed by atoms with Crippen molar-refractivity contribution in [3.63, 3.8) is 0 Å². The van der Waals surface area contributed by atoms with Crippen molar-refractivity contribution in [2.45, 2.75) is 32.1 Å². The molecule has 2 unspecified atom stereocenters. The average Bonchev–Trinajstić information content (AvgIpc) is 3.04. The van der Waals surface area contributed by atoms with Crippen LogP contribution in [0.3, 0.4) is 0 Å². The summed E-state index contributed by atoms with van der Waals surface area (Å²) in [6, 6.07) is 7.87. The highest BCUT2D eigenvalue weighted by molar-refractivity contribution is 5.80. The monoisotopic (exact) mass is 272 g/mol. The molecule has 2 atom stereocenters. The maximum atomic E-state index is 6.05. The summed E-state index contributed by atoms with van der Waals surface area (Å²) >= 11 is 0. The molecule has 0 aliphatic heterocycles. The summed E-state index contributed by atoms with van der Waals surface area (Å²) in [5.41, 5.74) is 7.91. The van der Waals surface area contributed by atoms with Gasteiger partial charge in [0.15, 0.2) is 5.82 Å². The van der Waals surface area contributed by atoms with Gasteiger partial charge in [-0.05, 0) is 24.8 Å². The van der Waals surface area contributed by atoms with Gasteiger partial charge < -0.3 is 15.0 Å². The highest BCUT2D eigenvalue weighted by atomic mass is 16.5. The van der Waals surface area contributed by atoms with Crippen LogP contribution < -0.4 is 10.5 Å². The maximum Gasteiger partial charge on any atom is 0.175 e. The molecule has 0 spiro atoms. The number of hydrogen-bond donors (Lipinski definition) is 1. The van der Waals surface area contributed by atoms with E-state index in [0.29, 0.717) is 17.7 Å². The lowest BCUT2D eigenvalue weighted by Gasteiger charge is -2.15.